The minimum Gasteiger partial charge on any atom is -0.462 e. The Morgan fingerprint density at radius 1 is 1.39 bits per heavy atom. The second-order valence-electron chi connectivity index (χ2n) is 7.03. The van der Waals surface area contributed by atoms with Gasteiger partial charge in [-0.15, -0.1) is 0 Å². The summed E-state index contributed by atoms with van der Waals surface area (Å²) in [5, 5.41) is 7.71. The molecular formula is C19H32N6O3. The third kappa shape index (κ3) is 5.97. The fourth-order valence-electron chi connectivity index (χ4n) is 3.01. The van der Waals surface area contributed by atoms with Gasteiger partial charge in [0.1, 0.15) is 6.54 Å². The summed E-state index contributed by atoms with van der Waals surface area (Å²) in [6, 6.07) is 0.134. The number of ether oxygens (including phenoxy) is 1. The van der Waals surface area contributed by atoms with Crippen LogP contribution in [-0.2, 0) is 9.53 Å². The molecule has 9 nitrogen and oxygen atoms in total. The van der Waals surface area contributed by atoms with Crippen molar-refractivity contribution in [3.05, 3.63) is 18.0 Å². The van der Waals surface area contributed by atoms with E-state index in [1.807, 2.05) is 4.68 Å². The summed E-state index contributed by atoms with van der Waals surface area (Å²) >= 11 is 0. The first-order valence-corrected chi connectivity index (χ1v) is 9.90. The molecule has 9 heteroatoms. The van der Waals surface area contributed by atoms with E-state index < -0.39 is 0 Å². The molecule has 1 saturated heterocycles. The Balaban J connectivity index is 2.08. The Hall–Kier alpha value is -2.58. The fraction of sp³-hybridized carbons (Fsp3) is 0.684. The zero-order valence-electron chi connectivity index (χ0n) is 17.3. The number of esters is 1. The summed E-state index contributed by atoms with van der Waals surface area (Å²) in [4.78, 5) is 32.0. The van der Waals surface area contributed by atoms with Gasteiger partial charge in [0.05, 0.1) is 24.4 Å². The van der Waals surface area contributed by atoms with Crippen molar-refractivity contribution in [2.75, 3.05) is 46.9 Å². The normalized spacial score (nSPS) is 17.4. The molecule has 0 spiro atoms. The van der Waals surface area contributed by atoms with Gasteiger partial charge in [0, 0.05) is 39.9 Å². The number of hydrogen-bond donors (Lipinski definition) is 1. The van der Waals surface area contributed by atoms with E-state index in [4.69, 9.17) is 4.74 Å². The number of likely N-dealkylation sites (N-methyl/N-ethyl adjacent to an activating group) is 1. The van der Waals surface area contributed by atoms with E-state index in [0.29, 0.717) is 12.2 Å². The second kappa shape index (κ2) is 10.7. The highest BCUT2D eigenvalue weighted by Gasteiger charge is 2.25. The van der Waals surface area contributed by atoms with Crippen LogP contribution in [0.1, 0.15) is 49.5 Å². The summed E-state index contributed by atoms with van der Waals surface area (Å²) < 4.78 is 6.87. The van der Waals surface area contributed by atoms with Gasteiger partial charge in [-0.3, -0.25) is 9.48 Å². The summed E-state index contributed by atoms with van der Waals surface area (Å²) in [5.74, 6) is 0.366. The topological polar surface area (TPSA) is 92.1 Å². The standard InChI is InChI=1S/C19H32N6O3/c1-5-9-20-19(21-12-17(26)23(3)4)24-10-7-8-16(14-24)25-13-15(11-22-25)18(27)28-6-2/h11,13,16H,5-10,12,14H2,1-4H3,(H,20,21). The highest BCUT2D eigenvalue weighted by atomic mass is 16.5. The lowest BCUT2D eigenvalue weighted by Crippen LogP contribution is -2.47. The molecule has 0 saturated carbocycles. The number of aromatic nitrogens is 2. The molecule has 1 aliphatic rings. The molecule has 2 rings (SSSR count). The number of likely N-dealkylation sites (tertiary alicyclic amines) is 1. The van der Waals surface area contributed by atoms with E-state index in [0.717, 1.165) is 44.9 Å². The Bertz CT molecular complexity index is 685. The van der Waals surface area contributed by atoms with E-state index in [1.165, 1.54) is 0 Å². The molecule has 1 aromatic heterocycles. The molecule has 1 aliphatic heterocycles. The molecule has 1 aromatic rings. The lowest BCUT2D eigenvalue weighted by molar-refractivity contribution is -0.127. The van der Waals surface area contributed by atoms with Crippen molar-refractivity contribution in [3.8, 4) is 0 Å². The summed E-state index contributed by atoms with van der Waals surface area (Å²) in [5.41, 5.74) is 0.466. The van der Waals surface area contributed by atoms with Gasteiger partial charge in [0.2, 0.25) is 5.91 Å². The van der Waals surface area contributed by atoms with Crippen LogP contribution >= 0.6 is 0 Å². The number of aliphatic imine (C=N–C) groups is 1. The van der Waals surface area contributed by atoms with Gasteiger partial charge in [-0.1, -0.05) is 6.92 Å². The van der Waals surface area contributed by atoms with Crippen molar-refractivity contribution >= 4 is 17.8 Å². The number of rotatable bonds is 7. The zero-order valence-corrected chi connectivity index (χ0v) is 17.3. The molecule has 1 atom stereocenters. The van der Waals surface area contributed by atoms with Gasteiger partial charge < -0.3 is 19.9 Å². The Kier molecular flexibility index (Phi) is 8.28. The number of piperidine rings is 1. The van der Waals surface area contributed by atoms with Gasteiger partial charge in [0.15, 0.2) is 5.96 Å². The van der Waals surface area contributed by atoms with Gasteiger partial charge in [-0.25, -0.2) is 9.79 Å². The van der Waals surface area contributed by atoms with Crippen LogP contribution in [0.4, 0.5) is 0 Å². The highest BCUT2D eigenvalue weighted by molar-refractivity contribution is 5.88. The minimum absolute atomic E-state index is 0.0319. The third-order valence-corrected chi connectivity index (χ3v) is 4.58. The highest BCUT2D eigenvalue weighted by Crippen LogP contribution is 2.21. The predicted octanol–water partition coefficient (Wildman–Crippen LogP) is 1.14. The van der Waals surface area contributed by atoms with Crippen LogP contribution in [0.5, 0.6) is 0 Å². The Morgan fingerprint density at radius 2 is 2.18 bits per heavy atom. The second-order valence-corrected chi connectivity index (χ2v) is 7.03. The molecule has 1 fully saturated rings. The number of amides is 1. The minimum atomic E-state index is -0.351. The van der Waals surface area contributed by atoms with Crippen molar-refractivity contribution in [3.63, 3.8) is 0 Å². The lowest BCUT2D eigenvalue weighted by Gasteiger charge is -2.35. The van der Waals surface area contributed by atoms with Crippen molar-refractivity contribution in [2.45, 2.75) is 39.2 Å². The predicted molar refractivity (Wildman–Crippen MR) is 107 cm³/mol. The van der Waals surface area contributed by atoms with E-state index in [1.54, 1.807) is 38.3 Å². The van der Waals surface area contributed by atoms with Gasteiger partial charge in [-0.05, 0) is 26.2 Å². The number of guanidine groups is 1. The fourth-order valence-corrected chi connectivity index (χ4v) is 3.01. The van der Waals surface area contributed by atoms with Crippen molar-refractivity contribution < 1.29 is 14.3 Å². The lowest BCUT2D eigenvalue weighted by atomic mass is 10.1. The largest absolute Gasteiger partial charge is 0.462 e. The van der Waals surface area contributed by atoms with Crippen LogP contribution in [0.3, 0.4) is 0 Å². The smallest absolute Gasteiger partial charge is 0.341 e. The number of carbonyl (C=O) groups is 2. The van der Waals surface area contributed by atoms with E-state index in [-0.39, 0.29) is 24.5 Å². The van der Waals surface area contributed by atoms with Gasteiger partial charge in [0.25, 0.3) is 0 Å². The van der Waals surface area contributed by atoms with E-state index in [9.17, 15) is 9.59 Å². The first-order chi connectivity index (χ1) is 13.5. The first-order valence-electron chi connectivity index (χ1n) is 9.90. The van der Waals surface area contributed by atoms with Crippen LogP contribution in [-0.4, -0.2) is 84.3 Å². The van der Waals surface area contributed by atoms with Crippen LogP contribution < -0.4 is 5.32 Å². The number of carbonyl (C=O) groups excluding carboxylic acids is 2. The summed E-state index contributed by atoms with van der Waals surface area (Å²) in [6.07, 6.45) is 6.22. The Morgan fingerprint density at radius 3 is 2.86 bits per heavy atom. The molecule has 2 heterocycles. The van der Waals surface area contributed by atoms with Gasteiger partial charge >= 0.3 is 5.97 Å². The summed E-state index contributed by atoms with van der Waals surface area (Å²) in [7, 11) is 3.46. The van der Waals surface area contributed by atoms with Crippen molar-refractivity contribution in [2.24, 2.45) is 4.99 Å². The molecule has 1 unspecified atom stereocenters. The quantitative estimate of drug-likeness (QED) is 0.425. The maximum atomic E-state index is 11.9. The SMILES string of the molecule is CCCNC(=NCC(=O)N(C)C)N1CCCC(n2cc(C(=O)OCC)cn2)C1. The molecule has 0 bridgehead atoms. The maximum Gasteiger partial charge on any atom is 0.341 e. The van der Waals surface area contributed by atoms with Crippen LogP contribution in [0.15, 0.2) is 17.4 Å². The molecule has 1 N–H and O–H groups in total. The molecule has 0 aromatic carbocycles. The number of nitrogens with one attached hydrogen (secondary N) is 1. The summed E-state index contributed by atoms with van der Waals surface area (Å²) in [6.45, 7) is 6.72. The maximum absolute atomic E-state index is 11.9. The van der Waals surface area contributed by atoms with Crippen molar-refractivity contribution in [1.82, 2.24) is 24.9 Å². The average Bonchev–Trinajstić information content (AvgIpc) is 3.18. The molecule has 1 amide bonds. The van der Waals surface area contributed by atoms with Crippen LogP contribution in [0.2, 0.25) is 0 Å². The molecule has 0 aliphatic carbocycles. The zero-order chi connectivity index (χ0) is 20.5. The first kappa shape index (κ1) is 21.7. The van der Waals surface area contributed by atoms with Crippen molar-refractivity contribution in [1.29, 1.82) is 0 Å². The number of nitrogens with zero attached hydrogens (tertiary/aromatic N) is 5. The van der Waals surface area contributed by atoms with Crippen LogP contribution in [0.25, 0.3) is 0 Å². The number of hydrogen-bond acceptors (Lipinski definition) is 5. The molecule has 28 heavy (non-hydrogen) atoms. The third-order valence-electron chi connectivity index (χ3n) is 4.58. The monoisotopic (exact) mass is 392 g/mol. The molecule has 156 valence electrons. The van der Waals surface area contributed by atoms with Gasteiger partial charge in [-0.2, -0.15) is 5.10 Å². The average molecular weight is 393 g/mol. The molecular weight excluding hydrogens is 360 g/mol. The van der Waals surface area contributed by atoms with E-state index >= 15 is 0 Å². The Labute approximate surface area is 166 Å². The van der Waals surface area contributed by atoms with E-state index in [2.05, 4.69) is 27.2 Å². The van der Waals surface area contributed by atoms with Crippen LogP contribution in [0, 0.1) is 0 Å². The molecule has 0 radical (unpaired) electrons.